The number of rotatable bonds is 4. The second-order valence-electron chi connectivity index (χ2n) is 5.53. The van der Waals surface area contributed by atoms with Crippen LogP contribution in [0.15, 0.2) is 36.4 Å². The summed E-state index contributed by atoms with van der Waals surface area (Å²) in [5.74, 6) is 0.591. The van der Waals surface area contributed by atoms with Gasteiger partial charge in [0.15, 0.2) is 0 Å². The van der Waals surface area contributed by atoms with Crippen molar-refractivity contribution in [3.63, 3.8) is 0 Å². The van der Waals surface area contributed by atoms with Crippen LogP contribution in [0.4, 0.5) is 5.69 Å². The molecule has 3 rings (SSSR count). The lowest BCUT2D eigenvalue weighted by atomic mass is 10.0. The lowest BCUT2D eigenvalue weighted by Gasteiger charge is -2.23. The van der Waals surface area contributed by atoms with Crippen molar-refractivity contribution in [3.8, 4) is 0 Å². The molecule has 3 N–H and O–H groups in total. The Kier molecular flexibility index (Phi) is 4.36. The van der Waals surface area contributed by atoms with Gasteiger partial charge >= 0.3 is 0 Å². The molecule has 0 aromatic heterocycles. The minimum Gasteiger partial charge on any atom is -0.389 e. The molecule has 0 bridgehead atoms. The molecule has 1 aliphatic rings. The molecular weight excluding hydrogens is 280 g/mol. The highest BCUT2D eigenvalue weighted by Gasteiger charge is 2.14. The van der Waals surface area contributed by atoms with E-state index in [-0.39, 0.29) is 0 Å². The Morgan fingerprint density at radius 2 is 2.05 bits per heavy atom. The molecule has 3 nitrogen and oxygen atoms in total. The van der Waals surface area contributed by atoms with Crippen LogP contribution in [0.3, 0.4) is 0 Å². The highest BCUT2D eigenvalue weighted by Crippen LogP contribution is 2.27. The second-order valence-corrected chi connectivity index (χ2v) is 5.97. The molecule has 0 saturated carbocycles. The molecule has 2 aromatic rings. The maximum absolute atomic E-state index is 5.82. The van der Waals surface area contributed by atoms with Gasteiger partial charge in [0.2, 0.25) is 0 Å². The molecule has 110 valence electrons. The number of nitrogens with one attached hydrogen (secondary N) is 1. The zero-order valence-electron chi connectivity index (χ0n) is 12.0. The summed E-state index contributed by atoms with van der Waals surface area (Å²) in [6.45, 7) is 2.70. The van der Waals surface area contributed by atoms with Gasteiger partial charge in [-0.25, -0.2) is 0 Å². The van der Waals surface area contributed by atoms with Crippen molar-refractivity contribution < 1.29 is 4.74 Å². The fraction of sp³-hybridized carbons (Fsp3) is 0.353. The average molecular weight is 300 g/mol. The van der Waals surface area contributed by atoms with Crippen LogP contribution in [-0.4, -0.2) is 24.7 Å². The van der Waals surface area contributed by atoms with Crippen molar-refractivity contribution in [2.75, 3.05) is 25.1 Å². The maximum atomic E-state index is 5.82. The molecule has 1 aliphatic heterocycles. The molecule has 21 heavy (non-hydrogen) atoms. The smallest absolute Gasteiger partial charge is 0.104 e. The molecule has 2 aromatic carbocycles. The molecule has 0 amide bonds. The summed E-state index contributed by atoms with van der Waals surface area (Å²) in [6.07, 6.45) is 2.39. The van der Waals surface area contributed by atoms with Gasteiger partial charge in [0, 0.05) is 29.8 Å². The van der Waals surface area contributed by atoms with Gasteiger partial charge in [-0.15, -0.1) is 0 Å². The number of thiocarbonyl (C=S) groups is 1. The third kappa shape index (κ3) is 3.17. The van der Waals surface area contributed by atoms with E-state index in [1.165, 1.54) is 11.8 Å². The summed E-state index contributed by atoms with van der Waals surface area (Å²) in [4.78, 5) is 0.443. The van der Waals surface area contributed by atoms with Gasteiger partial charge < -0.3 is 15.8 Å². The minimum absolute atomic E-state index is 0.443. The van der Waals surface area contributed by atoms with Gasteiger partial charge in [-0.2, -0.15) is 0 Å². The number of anilines is 1. The fourth-order valence-electron chi connectivity index (χ4n) is 2.89. The number of benzene rings is 2. The molecule has 1 fully saturated rings. The highest BCUT2D eigenvalue weighted by molar-refractivity contribution is 7.80. The second kappa shape index (κ2) is 6.41. The molecule has 1 atom stereocenters. The molecule has 1 saturated heterocycles. The third-order valence-electron chi connectivity index (χ3n) is 4.03. The Hall–Kier alpha value is -1.65. The van der Waals surface area contributed by atoms with Crippen LogP contribution in [0.2, 0.25) is 0 Å². The summed E-state index contributed by atoms with van der Waals surface area (Å²) in [5.41, 5.74) is 7.89. The number of hydrogen-bond donors (Lipinski definition) is 2. The van der Waals surface area contributed by atoms with E-state index in [4.69, 9.17) is 22.7 Å². The Balaban J connectivity index is 1.85. The summed E-state index contributed by atoms with van der Waals surface area (Å²) in [7, 11) is 0. The first kappa shape index (κ1) is 14.3. The number of ether oxygens (including phenoxy) is 1. The van der Waals surface area contributed by atoms with Crippen LogP contribution in [-0.2, 0) is 4.74 Å². The summed E-state index contributed by atoms with van der Waals surface area (Å²) >= 11 is 5.14. The zero-order chi connectivity index (χ0) is 14.7. The Morgan fingerprint density at radius 1 is 1.24 bits per heavy atom. The van der Waals surface area contributed by atoms with Crippen LogP contribution in [0, 0.1) is 5.92 Å². The van der Waals surface area contributed by atoms with E-state index in [2.05, 4.69) is 23.5 Å². The first-order chi connectivity index (χ1) is 10.3. The monoisotopic (exact) mass is 300 g/mol. The van der Waals surface area contributed by atoms with E-state index in [1.54, 1.807) is 0 Å². The van der Waals surface area contributed by atoms with Crippen LogP contribution >= 0.6 is 12.2 Å². The first-order valence-electron chi connectivity index (χ1n) is 7.39. The molecular formula is C17H20N2OS. The quantitative estimate of drug-likeness (QED) is 0.851. The normalized spacial score (nSPS) is 18.6. The average Bonchev–Trinajstić information content (AvgIpc) is 2.53. The summed E-state index contributed by atoms with van der Waals surface area (Å²) in [6, 6.07) is 12.3. The predicted octanol–water partition coefficient (Wildman–Crippen LogP) is 3.31. The van der Waals surface area contributed by atoms with Gasteiger partial charge in [-0.05, 0) is 36.3 Å². The molecule has 0 spiro atoms. The van der Waals surface area contributed by atoms with Gasteiger partial charge in [-0.1, -0.05) is 36.5 Å². The van der Waals surface area contributed by atoms with Gasteiger partial charge in [0.25, 0.3) is 0 Å². The van der Waals surface area contributed by atoms with Crippen molar-refractivity contribution >= 4 is 33.7 Å². The lowest BCUT2D eigenvalue weighted by molar-refractivity contribution is 0.0595. The maximum Gasteiger partial charge on any atom is 0.104 e. The predicted molar refractivity (Wildman–Crippen MR) is 91.9 cm³/mol. The van der Waals surface area contributed by atoms with Crippen molar-refractivity contribution in [3.05, 3.63) is 42.0 Å². The van der Waals surface area contributed by atoms with Gasteiger partial charge in [-0.3, -0.25) is 0 Å². The van der Waals surface area contributed by atoms with E-state index in [1.807, 2.05) is 18.2 Å². The number of nitrogens with two attached hydrogens (primary N) is 1. The van der Waals surface area contributed by atoms with Gasteiger partial charge in [0.1, 0.15) is 4.99 Å². The van der Waals surface area contributed by atoms with Crippen molar-refractivity contribution in [2.24, 2.45) is 11.7 Å². The topological polar surface area (TPSA) is 47.3 Å². The van der Waals surface area contributed by atoms with E-state index in [9.17, 15) is 0 Å². The summed E-state index contributed by atoms with van der Waals surface area (Å²) in [5, 5.41) is 5.83. The van der Waals surface area contributed by atoms with Crippen LogP contribution in [0.1, 0.15) is 18.4 Å². The fourth-order valence-corrected chi connectivity index (χ4v) is 3.07. The molecule has 4 heteroatoms. The number of fused-ring (bicyclic) bond motifs is 1. The SMILES string of the molecule is NC(=S)c1ccc(NCC2CCCOC2)c2ccccc12. The largest absolute Gasteiger partial charge is 0.389 e. The van der Waals surface area contributed by atoms with Gasteiger partial charge in [0.05, 0.1) is 6.61 Å². The van der Waals surface area contributed by atoms with E-state index in [0.29, 0.717) is 10.9 Å². The lowest BCUT2D eigenvalue weighted by Crippen LogP contribution is -2.24. The van der Waals surface area contributed by atoms with Crippen molar-refractivity contribution in [1.82, 2.24) is 0 Å². The zero-order valence-corrected chi connectivity index (χ0v) is 12.8. The van der Waals surface area contributed by atoms with Crippen molar-refractivity contribution in [2.45, 2.75) is 12.8 Å². The van der Waals surface area contributed by atoms with E-state index >= 15 is 0 Å². The third-order valence-corrected chi connectivity index (χ3v) is 4.25. The summed E-state index contributed by atoms with van der Waals surface area (Å²) < 4.78 is 5.53. The Labute approximate surface area is 130 Å². The van der Waals surface area contributed by atoms with E-state index < -0.39 is 0 Å². The van der Waals surface area contributed by atoms with E-state index in [0.717, 1.165) is 42.8 Å². The minimum atomic E-state index is 0.443. The number of hydrogen-bond acceptors (Lipinski definition) is 3. The van der Waals surface area contributed by atoms with Crippen molar-refractivity contribution in [1.29, 1.82) is 0 Å². The van der Waals surface area contributed by atoms with Crippen LogP contribution in [0.5, 0.6) is 0 Å². The molecule has 0 radical (unpaired) electrons. The van der Waals surface area contributed by atoms with Crippen LogP contribution < -0.4 is 11.1 Å². The molecule has 1 heterocycles. The van der Waals surface area contributed by atoms with Crippen LogP contribution in [0.25, 0.3) is 10.8 Å². The molecule has 0 aliphatic carbocycles. The highest BCUT2D eigenvalue weighted by atomic mass is 32.1. The Morgan fingerprint density at radius 3 is 2.76 bits per heavy atom. The Bertz CT molecular complexity index is 650. The standard InChI is InChI=1S/C17H20N2OS/c18-17(21)15-7-8-16(14-6-2-1-5-13(14)15)19-10-12-4-3-9-20-11-12/h1-2,5-8,12,19H,3-4,9-11H2,(H2,18,21). The molecule has 1 unspecified atom stereocenters. The first-order valence-corrected chi connectivity index (χ1v) is 7.79.